The number of hydrogen-bond acceptors (Lipinski definition) is 9. The smallest absolute Gasteiger partial charge is 0.393 e. The summed E-state index contributed by atoms with van der Waals surface area (Å²) in [5.41, 5.74) is 0.736. The molecule has 1 saturated heterocycles. The van der Waals surface area contributed by atoms with E-state index in [9.17, 15) is 38.8 Å². The number of hydrogen-bond donors (Lipinski definition) is 3. The number of thiophene rings is 1. The molecule has 2 aliphatic rings. The van der Waals surface area contributed by atoms with Crippen LogP contribution in [0.1, 0.15) is 36.1 Å². The highest BCUT2D eigenvalue weighted by Crippen LogP contribution is 2.40. The van der Waals surface area contributed by atoms with E-state index in [2.05, 4.69) is 32.1 Å². The van der Waals surface area contributed by atoms with Gasteiger partial charge in [0.25, 0.3) is 0 Å². The fourth-order valence-electron chi connectivity index (χ4n) is 5.94. The third-order valence-corrected chi connectivity index (χ3v) is 11.9. The van der Waals surface area contributed by atoms with Crippen LogP contribution in [0, 0.1) is 11.8 Å². The number of fused-ring (bicyclic) bond motifs is 1. The SMILES string of the molecule is NS(=O)(=O)c1ccc(NCC#Cc2sc3c(NC4CCC(N5CCS(=O)(=O)CC5)CC4)cccc3c2CC(F)(F)F)c(OC(F)F)c1. The van der Waals surface area contributed by atoms with Crippen LogP contribution in [0.25, 0.3) is 10.1 Å². The Labute approximate surface area is 273 Å². The monoisotopic (exact) mass is 720 g/mol. The standard InChI is InChI=1S/C30H33F5N4O5S3/c31-29(32)44-26-17-21(47(36,42)43)10-11-24(26)37-12-2-5-27-23(18-30(33,34)35)22-3-1-4-25(28(22)45-27)38-19-6-8-20(9-7-19)39-13-15-46(40,41)16-14-39/h1,3-4,10-11,17,19-20,29,37-38H,6-9,12-16,18H2,(H2,36,42,43). The Morgan fingerprint density at radius 3 is 2.40 bits per heavy atom. The van der Waals surface area contributed by atoms with Gasteiger partial charge in [-0.25, -0.2) is 22.0 Å². The third kappa shape index (κ3) is 9.26. The van der Waals surface area contributed by atoms with Gasteiger partial charge < -0.3 is 15.4 Å². The molecule has 4 N–H and O–H groups in total. The van der Waals surface area contributed by atoms with Gasteiger partial charge in [-0.1, -0.05) is 24.0 Å². The molecule has 47 heavy (non-hydrogen) atoms. The van der Waals surface area contributed by atoms with Crippen molar-refractivity contribution < 1.29 is 43.5 Å². The van der Waals surface area contributed by atoms with E-state index in [0.29, 0.717) is 34.9 Å². The number of sulfone groups is 1. The van der Waals surface area contributed by atoms with Crippen LogP contribution in [0.3, 0.4) is 0 Å². The summed E-state index contributed by atoms with van der Waals surface area (Å²) in [5.74, 6) is 5.40. The van der Waals surface area contributed by atoms with Crippen LogP contribution in [0.15, 0.2) is 41.3 Å². The van der Waals surface area contributed by atoms with Crippen LogP contribution in [0.4, 0.5) is 33.3 Å². The summed E-state index contributed by atoms with van der Waals surface area (Å²) in [5, 5.41) is 11.8. The summed E-state index contributed by atoms with van der Waals surface area (Å²) >= 11 is 1.13. The van der Waals surface area contributed by atoms with Crippen molar-refractivity contribution in [2.24, 2.45) is 5.14 Å². The molecule has 9 nitrogen and oxygen atoms in total. The quantitative estimate of drug-likeness (QED) is 0.204. The zero-order chi connectivity index (χ0) is 34.0. The molecule has 2 fully saturated rings. The maximum absolute atomic E-state index is 13.7. The number of alkyl halides is 5. The van der Waals surface area contributed by atoms with E-state index in [0.717, 1.165) is 49.2 Å². The van der Waals surface area contributed by atoms with Crippen molar-refractivity contribution in [3.8, 4) is 17.6 Å². The lowest BCUT2D eigenvalue weighted by molar-refractivity contribution is -0.127. The van der Waals surface area contributed by atoms with Crippen LogP contribution in [-0.2, 0) is 26.3 Å². The molecule has 2 heterocycles. The predicted molar refractivity (Wildman–Crippen MR) is 171 cm³/mol. The lowest BCUT2D eigenvalue weighted by Crippen LogP contribution is -2.48. The second kappa shape index (κ2) is 14.1. The van der Waals surface area contributed by atoms with E-state index >= 15 is 0 Å². The first-order valence-electron chi connectivity index (χ1n) is 14.7. The average Bonchev–Trinajstić information content (AvgIpc) is 3.32. The van der Waals surface area contributed by atoms with Crippen LogP contribution in [0.5, 0.6) is 5.75 Å². The van der Waals surface area contributed by atoms with Crippen molar-refractivity contribution in [3.63, 3.8) is 0 Å². The Kier molecular flexibility index (Phi) is 10.6. The molecular weight excluding hydrogens is 688 g/mol. The summed E-state index contributed by atoms with van der Waals surface area (Å²) in [6, 6.07) is 8.67. The summed E-state index contributed by atoms with van der Waals surface area (Å²) in [6.07, 6.45) is -2.25. The Hall–Kier alpha value is -3.17. The highest BCUT2D eigenvalue weighted by Gasteiger charge is 2.32. The Bertz CT molecular complexity index is 1870. The van der Waals surface area contributed by atoms with Crippen molar-refractivity contribution in [2.45, 2.75) is 61.9 Å². The average molecular weight is 721 g/mol. The fraction of sp³-hybridized carbons (Fsp3) is 0.467. The summed E-state index contributed by atoms with van der Waals surface area (Å²) < 4.78 is 119. The minimum absolute atomic E-state index is 0.00890. The topological polar surface area (TPSA) is 131 Å². The first-order chi connectivity index (χ1) is 22.1. The highest BCUT2D eigenvalue weighted by atomic mass is 32.2. The maximum Gasteiger partial charge on any atom is 0.393 e. The van der Waals surface area contributed by atoms with Gasteiger partial charge >= 0.3 is 12.8 Å². The summed E-state index contributed by atoms with van der Waals surface area (Å²) in [7, 11) is -7.15. The maximum atomic E-state index is 13.7. The van der Waals surface area contributed by atoms with Gasteiger partial charge in [-0.3, -0.25) is 4.90 Å². The first-order valence-corrected chi connectivity index (χ1v) is 18.9. The lowest BCUT2D eigenvalue weighted by Gasteiger charge is -2.39. The second-order valence-electron chi connectivity index (χ2n) is 11.5. The van der Waals surface area contributed by atoms with Gasteiger partial charge in [0.2, 0.25) is 10.0 Å². The Morgan fingerprint density at radius 1 is 1.06 bits per heavy atom. The summed E-state index contributed by atoms with van der Waals surface area (Å²) in [6.45, 7) is -2.35. The van der Waals surface area contributed by atoms with Crippen LogP contribution < -0.4 is 20.5 Å². The predicted octanol–water partition coefficient (Wildman–Crippen LogP) is 5.17. The zero-order valence-corrected chi connectivity index (χ0v) is 27.4. The van der Waals surface area contributed by atoms with Crippen molar-refractivity contribution in [2.75, 3.05) is 41.8 Å². The number of anilines is 2. The molecule has 0 atom stereocenters. The molecule has 0 amide bonds. The van der Waals surface area contributed by atoms with Gasteiger partial charge in [-0.2, -0.15) is 22.0 Å². The molecule has 256 valence electrons. The van der Waals surface area contributed by atoms with Crippen molar-refractivity contribution in [3.05, 3.63) is 46.8 Å². The minimum atomic E-state index is -4.50. The highest BCUT2D eigenvalue weighted by molar-refractivity contribution is 7.91. The molecule has 0 bridgehead atoms. The first kappa shape index (κ1) is 35.1. The minimum Gasteiger partial charge on any atom is -0.433 e. The largest absolute Gasteiger partial charge is 0.433 e. The zero-order valence-electron chi connectivity index (χ0n) is 24.9. The molecule has 1 saturated carbocycles. The van der Waals surface area contributed by atoms with Crippen LogP contribution in [-0.4, -0.2) is 77.7 Å². The second-order valence-corrected chi connectivity index (χ2v) is 16.3. The molecule has 0 unspecified atom stereocenters. The molecular formula is C30H33F5N4O5S3. The number of rotatable bonds is 9. The van der Waals surface area contributed by atoms with Gasteiger partial charge in [-0.05, 0) is 54.8 Å². The number of nitrogens with one attached hydrogen (secondary N) is 2. The van der Waals surface area contributed by atoms with E-state index < -0.39 is 49.7 Å². The molecule has 1 aliphatic heterocycles. The van der Waals surface area contributed by atoms with Crippen LogP contribution >= 0.6 is 11.3 Å². The Morgan fingerprint density at radius 2 is 1.77 bits per heavy atom. The number of benzene rings is 2. The number of nitrogens with two attached hydrogens (primary N) is 1. The van der Waals surface area contributed by atoms with Gasteiger partial charge in [0.15, 0.2) is 15.6 Å². The number of sulfonamides is 1. The number of nitrogens with zero attached hydrogens (tertiary/aromatic N) is 1. The number of halogens is 5. The van der Waals surface area contributed by atoms with Gasteiger partial charge in [0.05, 0.1) is 50.3 Å². The van der Waals surface area contributed by atoms with Gasteiger partial charge in [-0.15, -0.1) is 11.3 Å². The van der Waals surface area contributed by atoms with E-state index in [4.69, 9.17) is 5.14 Å². The van der Waals surface area contributed by atoms with E-state index in [1.165, 1.54) is 6.07 Å². The molecule has 3 aromatic rings. The Balaban J connectivity index is 1.32. The molecule has 1 aromatic heterocycles. The van der Waals surface area contributed by atoms with Crippen molar-refractivity contribution in [1.82, 2.24) is 4.90 Å². The van der Waals surface area contributed by atoms with Crippen molar-refractivity contribution in [1.29, 1.82) is 0 Å². The van der Waals surface area contributed by atoms with Gasteiger partial charge in [0, 0.05) is 31.2 Å². The molecule has 5 rings (SSSR count). The van der Waals surface area contributed by atoms with Gasteiger partial charge in [0.1, 0.15) is 0 Å². The molecule has 2 aromatic carbocycles. The molecule has 0 radical (unpaired) electrons. The summed E-state index contributed by atoms with van der Waals surface area (Å²) in [4.78, 5) is 2.02. The fourth-order valence-corrected chi connectivity index (χ4v) is 8.87. The molecule has 0 spiro atoms. The van der Waals surface area contributed by atoms with E-state index in [1.54, 1.807) is 12.1 Å². The van der Waals surface area contributed by atoms with E-state index in [1.807, 2.05) is 6.07 Å². The lowest BCUT2D eigenvalue weighted by atomic mass is 9.90. The van der Waals surface area contributed by atoms with Crippen LogP contribution in [0.2, 0.25) is 0 Å². The molecule has 1 aliphatic carbocycles. The number of primary sulfonamides is 1. The number of ether oxygens (including phenoxy) is 1. The normalized spacial score (nSPS) is 20.5. The molecule has 17 heteroatoms. The third-order valence-electron chi connectivity index (χ3n) is 8.21. The van der Waals surface area contributed by atoms with Crippen molar-refractivity contribution >= 4 is 52.7 Å². The van der Waals surface area contributed by atoms with E-state index in [-0.39, 0.29) is 40.2 Å².